The number of rotatable bonds is 4. The largest absolute Gasteiger partial charge is 0.456 e. The Kier molecular flexibility index (Phi) is 6.60. The van der Waals surface area contributed by atoms with Gasteiger partial charge in [0.1, 0.15) is 11.0 Å². The van der Waals surface area contributed by atoms with E-state index in [0.717, 1.165) is 34.6 Å². The number of primary amides is 2. The van der Waals surface area contributed by atoms with Gasteiger partial charge in [0, 0.05) is 16.4 Å². The average Bonchev–Trinajstić information content (AvgIpc) is 2.92. The number of nitrogens with one attached hydrogen (secondary N) is 1. The number of halogens is 1. The number of urea groups is 2. The summed E-state index contributed by atoms with van der Waals surface area (Å²) in [6.45, 7) is 0.780. The van der Waals surface area contributed by atoms with Gasteiger partial charge in [0.15, 0.2) is 0 Å². The molecule has 154 valence electrons. The van der Waals surface area contributed by atoms with Crippen LogP contribution in [0.25, 0.3) is 10.4 Å². The summed E-state index contributed by atoms with van der Waals surface area (Å²) in [5, 5.41) is 3.02. The molecule has 4 amide bonds. The molecule has 3 rings (SSSR count). The van der Waals surface area contributed by atoms with Crippen molar-refractivity contribution in [2.75, 3.05) is 18.4 Å². The molecular formula is C19H21ClN4O4S. The molecule has 2 aromatic rings. The van der Waals surface area contributed by atoms with Crippen LogP contribution in [0.1, 0.15) is 28.9 Å². The molecule has 8 nitrogen and oxygen atoms in total. The number of ether oxygens (including phenoxy) is 1. The van der Waals surface area contributed by atoms with Crippen molar-refractivity contribution in [3.63, 3.8) is 0 Å². The highest BCUT2D eigenvalue weighted by Crippen LogP contribution is 2.36. The predicted octanol–water partition coefficient (Wildman–Crippen LogP) is 3.65. The average molecular weight is 437 g/mol. The van der Waals surface area contributed by atoms with Crippen molar-refractivity contribution in [3.8, 4) is 10.4 Å². The number of hydrogen-bond donors (Lipinski definition) is 3. The molecule has 1 aromatic carbocycles. The first-order valence-corrected chi connectivity index (χ1v) is 10.2. The van der Waals surface area contributed by atoms with Gasteiger partial charge in [0.25, 0.3) is 0 Å². The van der Waals surface area contributed by atoms with Crippen molar-refractivity contribution in [3.05, 3.63) is 40.2 Å². The van der Waals surface area contributed by atoms with E-state index in [4.69, 9.17) is 27.8 Å². The zero-order chi connectivity index (χ0) is 21.0. The van der Waals surface area contributed by atoms with Crippen molar-refractivity contribution < 1.29 is 19.1 Å². The van der Waals surface area contributed by atoms with E-state index in [-0.39, 0.29) is 17.1 Å². The summed E-state index contributed by atoms with van der Waals surface area (Å²) in [4.78, 5) is 38.2. The Balaban J connectivity index is 1.84. The fourth-order valence-corrected chi connectivity index (χ4v) is 4.34. The van der Waals surface area contributed by atoms with E-state index in [0.29, 0.717) is 18.0 Å². The minimum atomic E-state index is -0.788. The zero-order valence-electron chi connectivity index (χ0n) is 15.5. The Morgan fingerprint density at radius 2 is 2.00 bits per heavy atom. The molecule has 1 aliphatic rings. The molecule has 0 saturated carbocycles. The second kappa shape index (κ2) is 9.15. The lowest BCUT2D eigenvalue weighted by Crippen LogP contribution is -2.41. The van der Waals surface area contributed by atoms with Crippen LogP contribution >= 0.6 is 22.9 Å². The lowest BCUT2D eigenvalue weighted by molar-refractivity contribution is 0.0247. The summed E-state index contributed by atoms with van der Waals surface area (Å²) >= 11 is 7.22. The van der Waals surface area contributed by atoms with Crippen molar-refractivity contribution >= 4 is 46.7 Å². The van der Waals surface area contributed by atoms with E-state index in [1.165, 1.54) is 4.90 Å². The van der Waals surface area contributed by atoms with Gasteiger partial charge in [-0.15, -0.1) is 11.3 Å². The van der Waals surface area contributed by atoms with Crippen LogP contribution in [0.3, 0.4) is 0 Å². The smallest absolute Gasteiger partial charge is 0.350 e. The van der Waals surface area contributed by atoms with Crippen LogP contribution in [-0.4, -0.2) is 42.1 Å². The van der Waals surface area contributed by atoms with Crippen LogP contribution in [0.2, 0.25) is 5.02 Å². The minimum Gasteiger partial charge on any atom is -0.456 e. The van der Waals surface area contributed by atoms with Crippen molar-refractivity contribution in [2.24, 2.45) is 11.5 Å². The van der Waals surface area contributed by atoms with Crippen LogP contribution in [0.5, 0.6) is 0 Å². The van der Waals surface area contributed by atoms with Gasteiger partial charge in [-0.2, -0.15) is 0 Å². The molecule has 1 atom stereocenters. The van der Waals surface area contributed by atoms with Gasteiger partial charge in [-0.25, -0.2) is 14.4 Å². The third kappa shape index (κ3) is 5.39. The number of thiophene rings is 1. The van der Waals surface area contributed by atoms with Gasteiger partial charge in [0.2, 0.25) is 0 Å². The maximum atomic E-state index is 12.9. The van der Waals surface area contributed by atoms with Crippen LogP contribution in [0.15, 0.2) is 30.3 Å². The molecule has 2 heterocycles. The number of anilines is 1. The topological polar surface area (TPSA) is 128 Å². The fraction of sp³-hybridized carbons (Fsp3) is 0.316. The van der Waals surface area contributed by atoms with Crippen molar-refractivity contribution in [2.45, 2.75) is 25.4 Å². The molecule has 5 N–H and O–H groups in total. The second-order valence-corrected chi connectivity index (χ2v) is 8.15. The third-order valence-corrected chi connectivity index (χ3v) is 5.90. The van der Waals surface area contributed by atoms with E-state index in [9.17, 15) is 14.4 Å². The lowest BCUT2D eigenvalue weighted by atomic mass is 10.2. The minimum absolute atomic E-state index is 0.216. The fourth-order valence-electron chi connectivity index (χ4n) is 3.16. The maximum Gasteiger partial charge on any atom is 0.350 e. The molecule has 1 aliphatic heterocycles. The van der Waals surface area contributed by atoms with Crippen LogP contribution in [0.4, 0.5) is 15.3 Å². The number of amides is 4. The van der Waals surface area contributed by atoms with Crippen LogP contribution in [-0.2, 0) is 4.74 Å². The number of nitrogens with zero attached hydrogens (tertiary/aromatic N) is 1. The molecule has 0 radical (unpaired) electrons. The summed E-state index contributed by atoms with van der Waals surface area (Å²) in [5.74, 6) is -0.594. The molecule has 29 heavy (non-hydrogen) atoms. The van der Waals surface area contributed by atoms with Gasteiger partial charge in [-0.05, 0) is 43.0 Å². The number of benzene rings is 1. The molecule has 10 heteroatoms. The molecule has 1 aromatic heterocycles. The SMILES string of the molecule is NC(=O)Nc1cc(-c2cccc(Cl)c2)sc1C(=O)OC1CCCCN(C(N)=O)C1. The number of likely N-dealkylation sites (tertiary alicyclic amines) is 1. The van der Waals surface area contributed by atoms with Crippen LogP contribution < -0.4 is 16.8 Å². The van der Waals surface area contributed by atoms with Gasteiger partial charge in [-0.3, -0.25) is 0 Å². The van der Waals surface area contributed by atoms with E-state index in [1.807, 2.05) is 6.07 Å². The standard InChI is InChI=1S/C19H21ClN4O4S/c20-12-5-3-4-11(8-12)15-9-14(23-18(21)26)16(29-15)17(25)28-13-6-1-2-7-24(10-13)19(22)27/h3-5,8-9,13H,1-2,6-7,10H2,(H2,22,27)(H3,21,23,26). The van der Waals surface area contributed by atoms with Crippen LogP contribution in [0, 0.1) is 0 Å². The first kappa shape index (κ1) is 20.9. The predicted molar refractivity (Wildman–Crippen MR) is 112 cm³/mol. The molecule has 0 bridgehead atoms. The Hall–Kier alpha value is -2.78. The summed E-state index contributed by atoms with van der Waals surface area (Å²) in [7, 11) is 0. The molecule has 1 unspecified atom stereocenters. The summed E-state index contributed by atoms with van der Waals surface area (Å²) in [6, 6.07) is 7.46. The second-order valence-electron chi connectivity index (χ2n) is 6.66. The monoisotopic (exact) mass is 436 g/mol. The van der Waals surface area contributed by atoms with E-state index < -0.39 is 24.1 Å². The van der Waals surface area contributed by atoms with Crippen molar-refractivity contribution in [1.29, 1.82) is 0 Å². The highest BCUT2D eigenvalue weighted by molar-refractivity contribution is 7.18. The summed E-state index contributed by atoms with van der Waals surface area (Å²) < 4.78 is 5.64. The maximum absolute atomic E-state index is 12.9. The Bertz CT molecular complexity index is 933. The number of nitrogens with two attached hydrogens (primary N) is 2. The van der Waals surface area contributed by atoms with Gasteiger partial charge >= 0.3 is 18.0 Å². The number of hydrogen-bond acceptors (Lipinski definition) is 5. The molecule has 0 aliphatic carbocycles. The first-order chi connectivity index (χ1) is 13.8. The molecular weight excluding hydrogens is 416 g/mol. The third-order valence-electron chi connectivity index (χ3n) is 4.50. The van der Waals surface area contributed by atoms with E-state index in [2.05, 4.69) is 5.32 Å². The Labute approximate surface area is 176 Å². The van der Waals surface area contributed by atoms with Gasteiger partial charge < -0.3 is 26.4 Å². The zero-order valence-corrected chi connectivity index (χ0v) is 17.1. The number of carbonyl (C=O) groups excluding carboxylic acids is 3. The summed E-state index contributed by atoms with van der Waals surface area (Å²) in [5.41, 5.74) is 11.7. The number of esters is 1. The van der Waals surface area contributed by atoms with Crippen molar-refractivity contribution in [1.82, 2.24) is 4.90 Å². The van der Waals surface area contributed by atoms with E-state index in [1.54, 1.807) is 24.3 Å². The first-order valence-electron chi connectivity index (χ1n) is 9.05. The Morgan fingerprint density at radius 3 is 2.69 bits per heavy atom. The highest BCUT2D eigenvalue weighted by Gasteiger charge is 2.26. The molecule has 0 spiro atoms. The van der Waals surface area contributed by atoms with Gasteiger partial charge in [0.05, 0.1) is 12.2 Å². The lowest BCUT2D eigenvalue weighted by Gasteiger charge is -2.22. The van der Waals surface area contributed by atoms with Gasteiger partial charge in [-0.1, -0.05) is 23.7 Å². The normalized spacial score (nSPS) is 16.7. The highest BCUT2D eigenvalue weighted by atomic mass is 35.5. The molecule has 1 saturated heterocycles. The summed E-state index contributed by atoms with van der Waals surface area (Å²) in [6.07, 6.45) is 1.76. The molecule has 1 fully saturated rings. The Morgan fingerprint density at radius 1 is 1.21 bits per heavy atom. The number of carbonyl (C=O) groups is 3. The quantitative estimate of drug-likeness (QED) is 0.632. The van der Waals surface area contributed by atoms with E-state index >= 15 is 0 Å².